The van der Waals surface area contributed by atoms with E-state index in [4.69, 9.17) is 9.17 Å². The minimum atomic E-state index is -3.69. The molecule has 2 aromatic carbocycles. The first-order chi connectivity index (χ1) is 15.5. The molecule has 0 aliphatic rings. The van der Waals surface area contributed by atoms with E-state index in [1.165, 1.54) is 0 Å². The largest absolute Gasteiger partial charge is 0.382 e. The van der Waals surface area contributed by atoms with Crippen LogP contribution in [-0.2, 0) is 16.7 Å². The standard InChI is InChI=1S/C25H27N3O3S/c1-3-4-17-32(29,30)31-22-15-9-8-14-21(22)23-25(26-18-20-12-6-5-7-13-20)28-16-10-11-19(2)24(28)27-23/h5-16,26H,3-4,17-18H2,1-2H3. The van der Waals surface area contributed by atoms with Gasteiger partial charge >= 0.3 is 10.1 Å². The van der Waals surface area contributed by atoms with Gasteiger partial charge in [0.25, 0.3) is 0 Å². The molecule has 2 heterocycles. The summed E-state index contributed by atoms with van der Waals surface area (Å²) in [4.78, 5) is 4.87. The summed E-state index contributed by atoms with van der Waals surface area (Å²) < 4.78 is 32.5. The molecule has 0 saturated heterocycles. The van der Waals surface area contributed by atoms with E-state index in [2.05, 4.69) is 17.4 Å². The average molecular weight is 450 g/mol. The van der Waals surface area contributed by atoms with Gasteiger partial charge in [-0.2, -0.15) is 8.42 Å². The van der Waals surface area contributed by atoms with Crippen molar-refractivity contribution in [3.8, 4) is 17.0 Å². The number of pyridine rings is 1. The predicted molar refractivity (Wildman–Crippen MR) is 128 cm³/mol. The van der Waals surface area contributed by atoms with Crippen LogP contribution in [-0.4, -0.2) is 23.6 Å². The summed E-state index contributed by atoms with van der Waals surface area (Å²) in [5.74, 6) is 1.06. The molecular formula is C25H27N3O3S. The zero-order valence-corrected chi connectivity index (χ0v) is 19.1. The zero-order valence-electron chi connectivity index (χ0n) is 18.3. The summed E-state index contributed by atoms with van der Waals surface area (Å²) >= 11 is 0. The van der Waals surface area contributed by atoms with Gasteiger partial charge in [-0.1, -0.05) is 61.9 Å². The molecule has 0 radical (unpaired) electrons. The topological polar surface area (TPSA) is 72.7 Å². The van der Waals surface area contributed by atoms with Crippen LogP contribution in [0, 0.1) is 6.92 Å². The number of benzene rings is 2. The van der Waals surface area contributed by atoms with Crippen molar-refractivity contribution in [2.45, 2.75) is 33.2 Å². The van der Waals surface area contributed by atoms with Gasteiger partial charge in [0, 0.05) is 18.3 Å². The molecular weight excluding hydrogens is 422 g/mol. The Kier molecular flexibility index (Phi) is 6.46. The normalized spacial score (nSPS) is 11.6. The molecule has 0 amide bonds. The average Bonchev–Trinajstić information content (AvgIpc) is 3.17. The van der Waals surface area contributed by atoms with Gasteiger partial charge in [-0.3, -0.25) is 4.40 Å². The van der Waals surface area contributed by atoms with Crippen molar-refractivity contribution < 1.29 is 12.6 Å². The van der Waals surface area contributed by atoms with Crippen LogP contribution in [0.4, 0.5) is 5.82 Å². The quantitative estimate of drug-likeness (QED) is 0.345. The number of hydrogen-bond donors (Lipinski definition) is 1. The number of hydrogen-bond acceptors (Lipinski definition) is 5. The Morgan fingerprint density at radius 2 is 1.75 bits per heavy atom. The van der Waals surface area contributed by atoms with Gasteiger partial charge in [0.05, 0.1) is 5.75 Å². The number of rotatable bonds is 9. The van der Waals surface area contributed by atoms with Crippen LogP contribution in [0.25, 0.3) is 16.9 Å². The molecule has 0 bridgehead atoms. The Morgan fingerprint density at radius 1 is 1.00 bits per heavy atom. The van der Waals surface area contributed by atoms with Gasteiger partial charge in [-0.05, 0) is 42.7 Å². The summed E-state index contributed by atoms with van der Waals surface area (Å²) in [5, 5.41) is 3.50. The van der Waals surface area contributed by atoms with E-state index in [0.29, 0.717) is 24.2 Å². The minimum Gasteiger partial charge on any atom is -0.382 e. The van der Waals surface area contributed by atoms with Crippen LogP contribution < -0.4 is 9.50 Å². The van der Waals surface area contributed by atoms with E-state index in [-0.39, 0.29) is 11.5 Å². The maximum atomic E-state index is 12.5. The van der Waals surface area contributed by atoms with Crippen LogP contribution in [0.3, 0.4) is 0 Å². The summed E-state index contributed by atoms with van der Waals surface area (Å²) in [5.41, 5.74) is 4.24. The van der Waals surface area contributed by atoms with E-state index in [1.807, 2.05) is 66.9 Å². The maximum absolute atomic E-state index is 12.5. The van der Waals surface area contributed by atoms with E-state index in [1.54, 1.807) is 12.1 Å². The van der Waals surface area contributed by atoms with Gasteiger partial charge in [0.1, 0.15) is 17.2 Å². The summed E-state index contributed by atoms with van der Waals surface area (Å²) in [7, 11) is -3.69. The highest BCUT2D eigenvalue weighted by Crippen LogP contribution is 2.36. The number of nitrogens with one attached hydrogen (secondary N) is 1. The first-order valence-electron chi connectivity index (χ1n) is 10.8. The SMILES string of the molecule is CCCCS(=O)(=O)Oc1ccccc1-c1nc2c(C)cccn2c1NCc1ccccc1. The lowest BCUT2D eigenvalue weighted by Crippen LogP contribution is -2.14. The second-order valence-corrected chi connectivity index (χ2v) is 9.42. The molecule has 0 fully saturated rings. The fourth-order valence-corrected chi connectivity index (χ4v) is 4.72. The van der Waals surface area contributed by atoms with Crippen molar-refractivity contribution in [2.75, 3.05) is 11.1 Å². The van der Waals surface area contributed by atoms with Gasteiger partial charge in [0.15, 0.2) is 5.75 Å². The number of nitrogens with zero attached hydrogens (tertiary/aromatic N) is 2. The van der Waals surface area contributed by atoms with E-state index in [9.17, 15) is 8.42 Å². The molecule has 32 heavy (non-hydrogen) atoms. The molecule has 4 rings (SSSR count). The second-order valence-electron chi connectivity index (χ2n) is 7.73. The molecule has 0 unspecified atom stereocenters. The Labute approximate surface area is 189 Å². The van der Waals surface area contributed by atoms with Crippen molar-refractivity contribution in [3.63, 3.8) is 0 Å². The number of aryl methyl sites for hydroxylation is 1. The number of para-hydroxylation sites is 1. The van der Waals surface area contributed by atoms with Crippen LogP contribution in [0.5, 0.6) is 5.75 Å². The van der Waals surface area contributed by atoms with Crippen LogP contribution in [0.15, 0.2) is 72.9 Å². The van der Waals surface area contributed by atoms with Gasteiger partial charge in [-0.25, -0.2) is 4.98 Å². The molecule has 0 spiro atoms. The van der Waals surface area contributed by atoms with Crippen molar-refractivity contribution in [1.82, 2.24) is 9.38 Å². The third-order valence-electron chi connectivity index (χ3n) is 5.25. The molecule has 2 aromatic heterocycles. The maximum Gasteiger partial charge on any atom is 0.309 e. The minimum absolute atomic E-state index is 0.0127. The van der Waals surface area contributed by atoms with Crippen molar-refractivity contribution in [2.24, 2.45) is 0 Å². The fraction of sp³-hybridized carbons (Fsp3) is 0.240. The molecule has 0 aliphatic heterocycles. The number of unbranched alkanes of at least 4 members (excludes halogenated alkanes) is 1. The Bertz CT molecular complexity index is 1320. The van der Waals surface area contributed by atoms with Gasteiger partial charge in [-0.15, -0.1) is 0 Å². The molecule has 166 valence electrons. The van der Waals surface area contributed by atoms with E-state index < -0.39 is 10.1 Å². The van der Waals surface area contributed by atoms with Crippen LogP contribution in [0.1, 0.15) is 30.9 Å². The van der Waals surface area contributed by atoms with E-state index >= 15 is 0 Å². The highest BCUT2D eigenvalue weighted by atomic mass is 32.2. The highest BCUT2D eigenvalue weighted by Gasteiger charge is 2.21. The van der Waals surface area contributed by atoms with Crippen molar-refractivity contribution in [3.05, 3.63) is 84.1 Å². The predicted octanol–water partition coefficient (Wildman–Crippen LogP) is 5.43. The third-order valence-corrected chi connectivity index (χ3v) is 6.48. The first-order valence-corrected chi connectivity index (χ1v) is 12.3. The van der Waals surface area contributed by atoms with Crippen LogP contribution >= 0.6 is 0 Å². The van der Waals surface area contributed by atoms with Crippen molar-refractivity contribution >= 4 is 21.6 Å². The molecule has 6 nitrogen and oxygen atoms in total. The monoisotopic (exact) mass is 449 g/mol. The molecule has 4 aromatic rings. The number of anilines is 1. The fourth-order valence-electron chi connectivity index (χ4n) is 3.58. The van der Waals surface area contributed by atoms with E-state index in [0.717, 1.165) is 29.0 Å². The molecule has 7 heteroatoms. The Balaban J connectivity index is 1.78. The molecule has 0 saturated carbocycles. The second kappa shape index (κ2) is 9.44. The Morgan fingerprint density at radius 3 is 2.53 bits per heavy atom. The van der Waals surface area contributed by atoms with Gasteiger partial charge in [0.2, 0.25) is 0 Å². The van der Waals surface area contributed by atoms with Gasteiger partial charge < -0.3 is 9.50 Å². The lowest BCUT2D eigenvalue weighted by atomic mass is 10.1. The number of fused-ring (bicyclic) bond motifs is 1. The lowest BCUT2D eigenvalue weighted by Gasteiger charge is -2.13. The zero-order chi connectivity index (χ0) is 22.6. The molecule has 0 aliphatic carbocycles. The van der Waals surface area contributed by atoms with Crippen molar-refractivity contribution in [1.29, 1.82) is 0 Å². The molecule has 0 atom stereocenters. The number of imidazole rings is 1. The first kappa shape index (κ1) is 21.9. The summed E-state index contributed by atoms with van der Waals surface area (Å²) in [6.45, 7) is 4.56. The highest BCUT2D eigenvalue weighted by molar-refractivity contribution is 7.87. The van der Waals surface area contributed by atoms with Crippen LogP contribution in [0.2, 0.25) is 0 Å². The Hall–Kier alpha value is -3.32. The smallest absolute Gasteiger partial charge is 0.309 e. The summed E-state index contributed by atoms with van der Waals surface area (Å²) in [6, 6.07) is 21.2. The lowest BCUT2D eigenvalue weighted by molar-refractivity contribution is 0.484. The third kappa shape index (κ3) is 4.78. The molecule has 1 N–H and O–H groups in total. The number of aromatic nitrogens is 2. The summed E-state index contributed by atoms with van der Waals surface area (Å²) in [6.07, 6.45) is 3.29.